The molecule has 1 N–H and O–H groups in total. The van der Waals surface area contributed by atoms with Crippen molar-refractivity contribution in [3.63, 3.8) is 0 Å². The summed E-state index contributed by atoms with van der Waals surface area (Å²) >= 11 is 0. The number of hydrogen-bond donors (Lipinski definition) is 1. The van der Waals surface area contributed by atoms with E-state index in [1.807, 2.05) is 26.0 Å². The van der Waals surface area contributed by atoms with Crippen LogP contribution in [0.4, 0.5) is 0 Å². The van der Waals surface area contributed by atoms with Gasteiger partial charge in [-0.1, -0.05) is 19.9 Å². The van der Waals surface area contributed by atoms with Crippen molar-refractivity contribution in [3.8, 4) is 11.5 Å². The van der Waals surface area contributed by atoms with E-state index in [1.165, 1.54) is 5.56 Å². The Morgan fingerprint density at radius 3 is 2.26 bits per heavy atom. The van der Waals surface area contributed by atoms with Crippen LogP contribution in [0.5, 0.6) is 11.5 Å². The van der Waals surface area contributed by atoms with Crippen molar-refractivity contribution in [2.75, 3.05) is 7.11 Å². The molecule has 0 bridgehead atoms. The Morgan fingerprint density at radius 1 is 1.05 bits per heavy atom. The van der Waals surface area contributed by atoms with Crippen LogP contribution in [0.25, 0.3) is 0 Å². The van der Waals surface area contributed by atoms with Crippen molar-refractivity contribution in [2.24, 2.45) is 5.92 Å². The van der Waals surface area contributed by atoms with Gasteiger partial charge in [-0.05, 0) is 44.4 Å². The lowest BCUT2D eigenvalue weighted by atomic mass is 10.1. The van der Waals surface area contributed by atoms with Crippen LogP contribution in [0.15, 0.2) is 18.2 Å². The number of benzene rings is 1. The molecule has 1 atom stereocenters. The van der Waals surface area contributed by atoms with Gasteiger partial charge in [0.05, 0.1) is 13.2 Å². The van der Waals surface area contributed by atoms with E-state index in [4.69, 9.17) is 9.47 Å². The van der Waals surface area contributed by atoms with E-state index < -0.39 is 0 Å². The van der Waals surface area contributed by atoms with Crippen LogP contribution in [0, 0.1) is 5.92 Å². The molecule has 3 heteroatoms. The highest BCUT2D eigenvalue weighted by molar-refractivity contribution is 5.43. The molecule has 0 aliphatic carbocycles. The van der Waals surface area contributed by atoms with Crippen molar-refractivity contribution >= 4 is 0 Å². The quantitative estimate of drug-likeness (QED) is 0.817. The molecule has 3 nitrogen and oxygen atoms in total. The van der Waals surface area contributed by atoms with Gasteiger partial charge >= 0.3 is 0 Å². The third-order valence-corrected chi connectivity index (χ3v) is 3.22. The van der Waals surface area contributed by atoms with Crippen molar-refractivity contribution < 1.29 is 9.47 Å². The molecular formula is C16H27NO2. The van der Waals surface area contributed by atoms with E-state index in [0.29, 0.717) is 12.0 Å². The van der Waals surface area contributed by atoms with Gasteiger partial charge in [0.15, 0.2) is 11.5 Å². The Balaban J connectivity index is 2.71. The minimum atomic E-state index is 0.152. The normalized spacial score (nSPS) is 12.8. The Bertz CT molecular complexity index is 388. The summed E-state index contributed by atoms with van der Waals surface area (Å²) in [5.74, 6) is 2.23. The Kier molecular flexibility index (Phi) is 6.16. The molecule has 108 valence electrons. The monoisotopic (exact) mass is 265 g/mol. The summed E-state index contributed by atoms with van der Waals surface area (Å²) in [6.45, 7) is 11.5. The summed E-state index contributed by atoms with van der Waals surface area (Å²) in [6, 6.07) is 6.60. The number of hydrogen-bond acceptors (Lipinski definition) is 3. The van der Waals surface area contributed by atoms with Gasteiger partial charge in [0.2, 0.25) is 0 Å². The molecule has 0 spiro atoms. The largest absolute Gasteiger partial charge is 0.493 e. The number of ether oxygens (including phenoxy) is 2. The molecule has 0 aliphatic rings. The van der Waals surface area contributed by atoms with Crippen LogP contribution in [0.2, 0.25) is 0 Å². The Morgan fingerprint density at radius 2 is 1.74 bits per heavy atom. The van der Waals surface area contributed by atoms with Gasteiger partial charge in [0.25, 0.3) is 0 Å². The van der Waals surface area contributed by atoms with Crippen molar-refractivity contribution in [1.82, 2.24) is 5.32 Å². The molecule has 0 heterocycles. The zero-order valence-electron chi connectivity index (χ0n) is 13.0. The van der Waals surface area contributed by atoms with Crippen LogP contribution in [-0.4, -0.2) is 19.3 Å². The summed E-state index contributed by atoms with van der Waals surface area (Å²) in [5.41, 5.74) is 1.21. The van der Waals surface area contributed by atoms with Gasteiger partial charge in [0.1, 0.15) is 0 Å². The molecule has 1 rings (SSSR count). The predicted octanol–water partition coefficient (Wildman–Crippen LogP) is 3.62. The van der Waals surface area contributed by atoms with Gasteiger partial charge in [-0.25, -0.2) is 0 Å². The summed E-state index contributed by atoms with van der Waals surface area (Å²) in [7, 11) is 1.68. The molecule has 0 fully saturated rings. The van der Waals surface area contributed by atoms with E-state index in [9.17, 15) is 0 Å². The Labute approximate surface area is 117 Å². The third kappa shape index (κ3) is 5.11. The van der Waals surface area contributed by atoms with Crippen LogP contribution < -0.4 is 14.8 Å². The van der Waals surface area contributed by atoms with Gasteiger partial charge < -0.3 is 14.8 Å². The van der Waals surface area contributed by atoms with E-state index in [1.54, 1.807) is 7.11 Å². The summed E-state index contributed by atoms with van der Waals surface area (Å²) in [4.78, 5) is 0. The second kappa shape index (κ2) is 7.39. The minimum Gasteiger partial charge on any atom is -0.493 e. The van der Waals surface area contributed by atoms with Gasteiger partial charge in [0, 0.05) is 12.6 Å². The lowest BCUT2D eigenvalue weighted by Gasteiger charge is -2.18. The van der Waals surface area contributed by atoms with E-state index >= 15 is 0 Å². The maximum atomic E-state index is 5.71. The lowest BCUT2D eigenvalue weighted by molar-refractivity contribution is 0.230. The van der Waals surface area contributed by atoms with Crippen molar-refractivity contribution in [1.29, 1.82) is 0 Å². The first-order chi connectivity index (χ1) is 8.93. The molecule has 0 aromatic heterocycles. The van der Waals surface area contributed by atoms with Crippen molar-refractivity contribution in [3.05, 3.63) is 23.8 Å². The van der Waals surface area contributed by atoms with Crippen LogP contribution in [-0.2, 0) is 6.54 Å². The first-order valence-electron chi connectivity index (χ1n) is 7.01. The third-order valence-electron chi connectivity index (χ3n) is 3.22. The number of nitrogens with one attached hydrogen (secondary N) is 1. The smallest absolute Gasteiger partial charge is 0.161 e. The fraction of sp³-hybridized carbons (Fsp3) is 0.625. The summed E-state index contributed by atoms with van der Waals surface area (Å²) in [6.07, 6.45) is 0.152. The van der Waals surface area contributed by atoms with Gasteiger partial charge in [-0.3, -0.25) is 0 Å². The second-order valence-corrected chi connectivity index (χ2v) is 5.57. The first kappa shape index (κ1) is 15.8. The SMILES string of the molecule is COc1cc(CNC(C)C(C)C)ccc1OC(C)C. The molecule has 0 aliphatic heterocycles. The maximum absolute atomic E-state index is 5.71. The van der Waals surface area contributed by atoms with Crippen LogP contribution in [0.3, 0.4) is 0 Å². The van der Waals surface area contributed by atoms with E-state index in [-0.39, 0.29) is 6.10 Å². The first-order valence-corrected chi connectivity index (χ1v) is 7.01. The number of methoxy groups -OCH3 is 1. The average Bonchev–Trinajstić information content (AvgIpc) is 2.36. The Hall–Kier alpha value is -1.22. The average molecular weight is 265 g/mol. The molecule has 19 heavy (non-hydrogen) atoms. The van der Waals surface area contributed by atoms with E-state index in [0.717, 1.165) is 18.0 Å². The predicted molar refractivity (Wildman–Crippen MR) is 79.9 cm³/mol. The van der Waals surface area contributed by atoms with Crippen LogP contribution >= 0.6 is 0 Å². The molecule has 1 aromatic rings. The topological polar surface area (TPSA) is 30.5 Å². The molecule has 1 aromatic carbocycles. The maximum Gasteiger partial charge on any atom is 0.161 e. The van der Waals surface area contributed by atoms with Gasteiger partial charge in [-0.15, -0.1) is 0 Å². The second-order valence-electron chi connectivity index (χ2n) is 5.57. The minimum absolute atomic E-state index is 0.152. The van der Waals surface area contributed by atoms with E-state index in [2.05, 4.69) is 32.2 Å². The summed E-state index contributed by atoms with van der Waals surface area (Å²) < 4.78 is 11.1. The molecule has 0 saturated carbocycles. The zero-order chi connectivity index (χ0) is 14.4. The molecular weight excluding hydrogens is 238 g/mol. The molecule has 0 amide bonds. The molecule has 0 radical (unpaired) electrons. The van der Waals surface area contributed by atoms with Crippen LogP contribution in [0.1, 0.15) is 40.2 Å². The zero-order valence-corrected chi connectivity index (χ0v) is 13.0. The highest BCUT2D eigenvalue weighted by Gasteiger charge is 2.09. The summed E-state index contributed by atoms with van der Waals surface area (Å²) in [5, 5.41) is 3.51. The highest BCUT2D eigenvalue weighted by atomic mass is 16.5. The standard InChI is InChI=1S/C16H27NO2/c1-11(2)13(5)17-10-14-7-8-15(19-12(3)4)16(9-14)18-6/h7-9,11-13,17H,10H2,1-6H3. The number of rotatable bonds is 7. The lowest BCUT2D eigenvalue weighted by Crippen LogP contribution is -2.30. The molecule has 1 unspecified atom stereocenters. The van der Waals surface area contributed by atoms with Gasteiger partial charge in [-0.2, -0.15) is 0 Å². The molecule has 0 saturated heterocycles. The highest BCUT2D eigenvalue weighted by Crippen LogP contribution is 2.29. The fourth-order valence-corrected chi connectivity index (χ4v) is 1.69. The van der Waals surface area contributed by atoms with Crippen molar-refractivity contribution in [2.45, 2.75) is 53.3 Å². The fourth-order valence-electron chi connectivity index (χ4n) is 1.69.